The fourth-order valence-corrected chi connectivity index (χ4v) is 3.40. The molecule has 0 saturated carbocycles. The van der Waals surface area contributed by atoms with E-state index in [-0.39, 0.29) is 29.6 Å². The monoisotopic (exact) mass is 438 g/mol. The Morgan fingerprint density at radius 2 is 2.13 bits per heavy atom. The van der Waals surface area contributed by atoms with Crippen molar-refractivity contribution >= 4 is 29.9 Å². The van der Waals surface area contributed by atoms with Crippen LogP contribution < -0.4 is 10.6 Å². The van der Waals surface area contributed by atoms with Gasteiger partial charge in [0, 0.05) is 26.2 Å². The van der Waals surface area contributed by atoms with E-state index in [0.29, 0.717) is 0 Å². The molecule has 2 atom stereocenters. The number of likely N-dealkylation sites (tertiary alicyclic amines) is 1. The van der Waals surface area contributed by atoms with Crippen molar-refractivity contribution in [3.8, 4) is 0 Å². The number of guanidine groups is 1. The summed E-state index contributed by atoms with van der Waals surface area (Å²) in [6.07, 6.45) is 4.92. The van der Waals surface area contributed by atoms with E-state index in [0.717, 1.165) is 51.0 Å². The molecule has 5 nitrogen and oxygen atoms in total. The molecule has 2 aliphatic rings. The minimum absolute atomic E-state index is 0. The van der Waals surface area contributed by atoms with E-state index in [4.69, 9.17) is 9.73 Å². The lowest BCUT2D eigenvalue weighted by atomic mass is 9.98. The summed E-state index contributed by atoms with van der Waals surface area (Å²) in [6, 6.07) is 0. The standard InChI is InChI=1S/C17H34N4O.HI/c1-4-18-16(20-14-17(3)9-7-11-22-17)19-12-15-8-6-10-21(5-2)13-15;/h15H,4-14H2,1-3H3,(H2,18,19,20);1H. The molecule has 2 rings (SSSR count). The zero-order valence-corrected chi connectivity index (χ0v) is 17.4. The number of ether oxygens (including phenoxy) is 1. The van der Waals surface area contributed by atoms with Crippen molar-refractivity contribution < 1.29 is 4.74 Å². The molecular formula is C17H35IN4O. The van der Waals surface area contributed by atoms with Gasteiger partial charge in [0.15, 0.2) is 5.96 Å². The van der Waals surface area contributed by atoms with Gasteiger partial charge in [-0.15, -0.1) is 24.0 Å². The molecule has 0 aromatic carbocycles. The van der Waals surface area contributed by atoms with Gasteiger partial charge in [-0.2, -0.15) is 0 Å². The minimum atomic E-state index is -0.0633. The zero-order chi connectivity index (χ0) is 15.8. The molecule has 0 aromatic heterocycles. The molecule has 2 aliphatic heterocycles. The summed E-state index contributed by atoms with van der Waals surface area (Å²) in [6.45, 7) is 13.7. The summed E-state index contributed by atoms with van der Waals surface area (Å²) >= 11 is 0. The van der Waals surface area contributed by atoms with Gasteiger partial charge in [0.2, 0.25) is 0 Å². The molecule has 0 spiro atoms. The molecule has 2 N–H and O–H groups in total. The van der Waals surface area contributed by atoms with Crippen LogP contribution in [-0.4, -0.2) is 62.3 Å². The van der Waals surface area contributed by atoms with E-state index in [9.17, 15) is 0 Å². The van der Waals surface area contributed by atoms with E-state index in [2.05, 4.69) is 36.3 Å². The molecule has 2 unspecified atom stereocenters. The second-order valence-corrected chi connectivity index (χ2v) is 6.88. The van der Waals surface area contributed by atoms with E-state index in [1.165, 1.54) is 32.5 Å². The second-order valence-electron chi connectivity index (χ2n) is 6.88. The molecule has 0 aliphatic carbocycles. The zero-order valence-electron chi connectivity index (χ0n) is 15.1. The van der Waals surface area contributed by atoms with Crippen molar-refractivity contribution in [3.05, 3.63) is 0 Å². The smallest absolute Gasteiger partial charge is 0.191 e. The first-order valence-electron chi connectivity index (χ1n) is 9.03. The fourth-order valence-electron chi connectivity index (χ4n) is 3.40. The molecule has 2 saturated heterocycles. The van der Waals surface area contributed by atoms with E-state index < -0.39 is 0 Å². The van der Waals surface area contributed by atoms with Crippen molar-refractivity contribution in [1.82, 2.24) is 15.5 Å². The third-order valence-electron chi connectivity index (χ3n) is 4.82. The highest BCUT2D eigenvalue weighted by Crippen LogP contribution is 2.25. The highest BCUT2D eigenvalue weighted by atomic mass is 127. The molecule has 23 heavy (non-hydrogen) atoms. The largest absolute Gasteiger partial charge is 0.373 e. The number of aliphatic imine (C=N–C) groups is 1. The molecule has 0 bridgehead atoms. The minimum Gasteiger partial charge on any atom is -0.373 e. The van der Waals surface area contributed by atoms with Gasteiger partial charge in [-0.25, -0.2) is 0 Å². The number of hydrogen-bond acceptors (Lipinski definition) is 3. The van der Waals surface area contributed by atoms with Gasteiger partial charge in [0.25, 0.3) is 0 Å². The van der Waals surface area contributed by atoms with Gasteiger partial charge < -0.3 is 20.3 Å². The van der Waals surface area contributed by atoms with Crippen molar-refractivity contribution in [2.24, 2.45) is 10.9 Å². The Kier molecular flexibility index (Phi) is 9.77. The fraction of sp³-hybridized carbons (Fsp3) is 0.941. The molecule has 2 heterocycles. The van der Waals surface area contributed by atoms with Gasteiger partial charge in [0.05, 0.1) is 12.1 Å². The number of nitrogens with zero attached hydrogens (tertiary/aromatic N) is 2. The average molecular weight is 438 g/mol. The SMILES string of the molecule is CCNC(=NCC1(C)CCCO1)NCC1CCCN(CC)C1.I. The first-order chi connectivity index (χ1) is 10.6. The van der Waals surface area contributed by atoms with Crippen LogP contribution in [0.5, 0.6) is 0 Å². The van der Waals surface area contributed by atoms with Crippen LogP contribution in [0.3, 0.4) is 0 Å². The van der Waals surface area contributed by atoms with Crippen LogP contribution in [0.1, 0.15) is 46.5 Å². The molecule has 136 valence electrons. The topological polar surface area (TPSA) is 48.9 Å². The quantitative estimate of drug-likeness (QED) is 0.380. The highest BCUT2D eigenvalue weighted by molar-refractivity contribution is 14.0. The van der Waals surface area contributed by atoms with Gasteiger partial charge in [-0.3, -0.25) is 4.99 Å². The Labute approximate surface area is 159 Å². The van der Waals surface area contributed by atoms with Crippen molar-refractivity contribution in [1.29, 1.82) is 0 Å². The lowest BCUT2D eigenvalue weighted by Gasteiger charge is -2.32. The van der Waals surface area contributed by atoms with Crippen LogP contribution in [-0.2, 0) is 4.74 Å². The third-order valence-corrected chi connectivity index (χ3v) is 4.82. The molecule has 0 aromatic rings. The van der Waals surface area contributed by atoms with Crippen molar-refractivity contribution in [2.45, 2.75) is 52.1 Å². The molecule has 0 amide bonds. The van der Waals surface area contributed by atoms with Crippen LogP contribution in [0, 0.1) is 5.92 Å². The Bertz CT molecular complexity index is 359. The summed E-state index contributed by atoms with van der Waals surface area (Å²) in [4.78, 5) is 7.30. The Hall–Kier alpha value is -0.0800. The van der Waals surface area contributed by atoms with Crippen LogP contribution in [0.2, 0.25) is 0 Å². The lowest BCUT2D eigenvalue weighted by Crippen LogP contribution is -2.45. The van der Waals surface area contributed by atoms with Crippen molar-refractivity contribution in [3.63, 3.8) is 0 Å². The third kappa shape index (κ3) is 7.13. The van der Waals surface area contributed by atoms with Gasteiger partial charge in [0.1, 0.15) is 0 Å². The predicted octanol–water partition coefficient (Wildman–Crippen LogP) is 2.46. The number of rotatable bonds is 6. The number of piperidine rings is 1. The van der Waals surface area contributed by atoms with Crippen LogP contribution >= 0.6 is 24.0 Å². The first kappa shape index (κ1) is 21.0. The Morgan fingerprint density at radius 3 is 2.78 bits per heavy atom. The van der Waals surface area contributed by atoms with Gasteiger partial charge in [-0.1, -0.05) is 6.92 Å². The maximum Gasteiger partial charge on any atom is 0.191 e. The summed E-state index contributed by atoms with van der Waals surface area (Å²) < 4.78 is 5.82. The normalized spacial score (nSPS) is 29.2. The number of nitrogens with one attached hydrogen (secondary N) is 2. The highest BCUT2D eigenvalue weighted by Gasteiger charge is 2.29. The molecule has 0 radical (unpaired) electrons. The molecule has 2 fully saturated rings. The van der Waals surface area contributed by atoms with Crippen LogP contribution in [0.4, 0.5) is 0 Å². The predicted molar refractivity (Wildman–Crippen MR) is 108 cm³/mol. The van der Waals surface area contributed by atoms with Crippen LogP contribution in [0.25, 0.3) is 0 Å². The van der Waals surface area contributed by atoms with Gasteiger partial charge >= 0.3 is 0 Å². The summed E-state index contributed by atoms with van der Waals surface area (Å²) in [5.74, 6) is 1.67. The maximum atomic E-state index is 5.82. The van der Waals surface area contributed by atoms with E-state index >= 15 is 0 Å². The van der Waals surface area contributed by atoms with E-state index in [1.807, 2.05) is 0 Å². The molecule has 6 heteroatoms. The second kappa shape index (κ2) is 10.7. The Balaban J connectivity index is 0.00000264. The number of halogens is 1. The maximum absolute atomic E-state index is 5.82. The average Bonchev–Trinajstić information content (AvgIpc) is 2.97. The van der Waals surface area contributed by atoms with Crippen molar-refractivity contribution in [2.75, 3.05) is 45.9 Å². The van der Waals surface area contributed by atoms with E-state index in [1.54, 1.807) is 0 Å². The molecular weight excluding hydrogens is 403 g/mol. The lowest BCUT2D eigenvalue weighted by molar-refractivity contribution is 0.0283. The first-order valence-corrected chi connectivity index (χ1v) is 9.03. The van der Waals surface area contributed by atoms with Gasteiger partial charge in [-0.05, 0) is 58.5 Å². The van der Waals surface area contributed by atoms with Crippen LogP contribution in [0.15, 0.2) is 4.99 Å². The summed E-state index contributed by atoms with van der Waals surface area (Å²) in [5.41, 5.74) is -0.0633. The summed E-state index contributed by atoms with van der Waals surface area (Å²) in [7, 11) is 0. The summed E-state index contributed by atoms with van der Waals surface area (Å²) in [5, 5.41) is 6.89. The number of hydrogen-bond donors (Lipinski definition) is 2. The Morgan fingerprint density at radius 1 is 1.30 bits per heavy atom.